The van der Waals surface area contributed by atoms with Gasteiger partial charge in [0.05, 0.1) is 15.8 Å². The van der Waals surface area contributed by atoms with Gasteiger partial charge in [-0.25, -0.2) is 9.78 Å². The summed E-state index contributed by atoms with van der Waals surface area (Å²) in [6.07, 6.45) is 0. The van der Waals surface area contributed by atoms with E-state index in [4.69, 9.17) is 5.11 Å². The molecule has 0 aliphatic carbocycles. The molecule has 0 radical (unpaired) electrons. The maximum Gasteiger partial charge on any atom is 0.337 e. The Bertz CT molecular complexity index is 480. The Morgan fingerprint density at radius 2 is 2.31 bits per heavy atom. The number of aromatic nitrogens is 1. The fourth-order valence-corrected chi connectivity index (χ4v) is 2.56. The van der Waals surface area contributed by atoms with E-state index in [2.05, 4.69) is 20.9 Å². The Morgan fingerprint density at radius 3 is 3.00 bits per heavy atom. The molecule has 0 aliphatic heterocycles. The van der Waals surface area contributed by atoms with E-state index in [1.165, 1.54) is 11.3 Å². The van der Waals surface area contributed by atoms with Crippen molar-refractivity contribution in [1.82, 2.24) is 4.98 Å². The Balaban J connectivity index is 2.82. The number of carbonyl (C=O) groups is 1. The van der Waals surface area contributed by atoms with Crippen LogP contribution >= 0.6 is 27.3 Å². The first-order valence-corrected chi connectivity index (χ1v) is 5.08. The van der Waals surface area contributed by atoms with Crippen LogP contribution in [0.1, 0.15) is 10.4 Å². The second-order valence-corrected chi connectivity index (χ2v) is 4.70. The first kappa shape index (κ1) is 8.65. The highest BCUT2D eigenvalue weighted by molar-refractivity contribution is 9.11. The van der Waals surface area contributed by atoms with Gasteiger partial charge in [-0.2, -0.15) is 0 Å². The molecular weight excluding hydrogens is 254 g/mol. The molecule has 0 aliphatic rings. The molecule has 66 valence electrons. The largest absolute Gasteiger partial charge is 0.478 e. The highest BCUT2D eigenvalue weighted by Gasteiger charge is 2.11. The van der Waals surface area contributed by atoms with E-state index in [1.54, 1.807) is 18.2 Å². The second kappa shape index (κ2) is 3.08. The molecule has 0 amide bonds. The van der Waals surface area contributed by atoms with Crippen LogP contribution in [0.5, 0.6) is 0 Å². The van der Waals surface area contributed by atoms with Crippen molar-refractivity contribution in [1.29, 1.82) is 0 Å². The summed E-state index contributed by atoms with van der Waals surface area (Å²) in [4.78, 5) is 14.9. The number of rotatable bonds is 1. The molecule has 1 aromatic heterocycles. The summed E-state index contributed by atoms with van der Waals surface area (Å²) in [5.41, 5.74) is 1.03. The van der Waals surface area contributed by atoms with Crippen molar-refractivity contribution in [2.75, 3.05) is 0 Å². The highest BCUT2D eigenvalue weighted by atomic mass is 79.9. The third-order valence-corrected chi connectivity index (χ3v) is 3.18. The second-order valence-electron chi connectivity index (χ2n) is 2.43. The Hall–Kier alpha value is -0.940. The van der Waals surface area contributed by atoms with Gasteiger partial charge in [-0.05, 0) is 28.1 Å². The Kier molecular flexibility index (Phi) is 2.05. The zero-order valence-corrected chi connectivity index (χ0v) is 8.72. The average molecular weight is 258 g/mol. The van der Waals surface area contributed by atoms with Crippen LogP contribution in [0.2, 0.25) is 0 Å². The van der Waals surface area contributed by atoms with Crippen molar-refractivity contribution >= 4 is 43.5 Å². The number of carboxylic acids is 1. The SMILES string of the molecule is O=C(O)c1cccc2nc(Br)sc12. The number of nitrogens with zero attached hydrogens (tertiary/aromatic N) is 1. The minimum Gasteiger partial charge on any atom is -0.478 e. The molecule has 1 aromatic carbocycles. The van der Waals surface area contributed by atoms with Gasteiger partial charge in [-0.15, -0.1) is 11.3 Å². The molecule has 0 fully saturated rings. The van der Waals surface area contributed by atoms with E-state index in [0.717, 1.165) is 5.52 Å². The standard InChI is InChI=1S/C8H4BrNO2S/c9-8-10-5-3-1-2-4(7(11)12)6(5)13-8/h1-3H,(H,11,12). The van der Waals surface area contributed by atoms with Crippen LogP contribution < -0.4 is 0 Å². The molecule has 0 bridgehead atoms. The third-order valence-electron chi connectivity index (χ3n) is 1.62. The zero-order valence-electron chi connectivity index (χ0n) is 6.32. The van der Waals surface area contributed by atoms with E-state index in [1.807, 2.05) is 0 Å². The number of carboxylic acid groups (broad SMARTS) is 1. The molecule has 1 N–H and O–H groups in total. The first-order chi connectivity index (χ1) is 6.18. The van der Waals surface area contributed by atoms with E-state index in [0.29, 0.717) is 14.2 Å². The van der Waals surface area contributed by atoms with Gasteiger partial charge < -0.3 is 5.11 Å². The maximum absolute atomic E-state index is 10.8. The lowest BCUT2D eigenvalue weighted by atomic mass is 10.2. The number of aromatic carboxylic acids is 1. The first-order valence-electron chi connectivity index (χ1n) is 3.47. The van der Waals surface area contributed by atoms with Gasteiger partial charge in [0.25, 0.3) is 0 Å². The van der Waals surface area contributed by atoms with Gasteiger partial charge in [-0.3, -0.25) is 0 Å². The molecule has 0 spiro atoms. The molecular formula is C8H4BrNO2S. The zero-order chi connectivity index (χ0) is 9.42. The van der Waals surface area contributed by atoms with Crippen LogP contribution in [0.15, 0.2) is 22.1 Å². The summed E-state index contributed by atoms with van der Waals surface area (Å²) in [5, 5.41) is 8.86. The minimum atomic E-state index is -0.915. The summed E-state index contributed by atoms with van der Waals surface area (Å²) < 4.78 is 1.41. The summed E-state index contributed by atoms with van der Waals surface area (Å²) >= 11 is 4.55. The summed E-state index contributed by atoms with van der Waals surface area (Å²) in [5.74, 6) is -0.915. The number of benzene rings is 1. The maximum atomic E-state index is 10.8. The predicted octanol–water partition coefficient (Wildman–Crippen LogP) is 2.76. The Morgan fingerprint density at radius 1 is 1.54 bits per heavy atom. The van der Waals surface area contributed by atoms with Crippen molar-refractivity contribution < 1.29 is 9.90 Å². The van der Waals surface area contributed by atoms with Gasteiger partial charge in [0, 0.05) is 0 Å². The molecule has 3 nitrogen and oxygen atoms in total. The lowest BCUT2D eigenvalue weighted by molar-refractivity contribution is 0.0699. The molecule has 0 saturated carbocycles. The number of thiazole rings is 1. The fraction of sp³-hybridized carbons (Fsp3) is 0. The van der Waals surface area contributed by atoms with Crippen LogP contribution in [0.3, 0.4) is 0 Å². The van der Waals surface area contributed by atoms with Crippen LogP contribution in [0, 0.1) is 0 Å². The van der Waals surface area contributed by atoms with E-state index in [9.17, 15) is 4.79 Å². The quantitative estimate of drug-likeness (QED) is 0.855. The van der Waals surface area contributed by atoms with E-state index in [-0.39, 0.29) is 0 Å². The molecule has 5 heteroatoms. The minimum absolute atomic E-state index is 0.306. The normalized spacial score (nSPS) is 10.5. The smallest absolute Gasteiger partial charge is 0.337 e. The van der Waals surface area contributed by atoms with E-state index < -0.39 is 5.97 Å². The lowest BCUT2D eigenvalue weighted by Crippen LogP contribution is -1.95. The van der Waals surface area contributed by atoms with Gasteiger partial charge in [-0.1, -0.05) is 6.07 Å². The van der Waals surface area contributed by atoms with Gasteiger partial charge >= 0.3 is 5.97 Å². The van der Waals surface area contributed by atoms with Crippen molar-refractivity contribution in [3.63, 3.8) is 0 Å². The molecule has 2 aromatic rings. The monoisotopic (exact) mass is 257 g/mol. The van der Waals surface area contributed by atoms with Crippen molar-refractivity contribution in [2.45, 2.75) is 0 Å². The molecule has 1 heterocycles. The Labute approximate surface area is 86.2 Å². The molecule has 0 atom stereocenters. The molecule has 2 rings (SSSR count). The topological polar surface area (TPSA) is 50.2 Å². The summed E-state index contributed by atoms with van der Waals surface area (Å²) in [7, 11) is 0. The number of hydrogen-bond donors (Lipinski definition) is 1. The van der Waals surface area contributed by atoms with Crippen molar-refractivity contribution in [3.8, 4) is 0 Å². The number of fused-ring (bicyclic) bond motifs is 1. The van der Waals surface area contributed by atoms with Crippen LogP contribution in [-0.2, 0) is 0 Å². The fourth-order valence-electron chi connectivity index (χ4n) is 1.09. The molecule has 0 saturated heterocycles. The van der Waals surface area contributed by atoms with Gasteiger partial charge in [0.15, 0.2) is 3.92 Å². The van der Waals surface area contributed by atoms with Gasteiger partial charge in [0.1, 0.15) is 0 Å². The van der Waals surface area contributed by atoms with E-state index >= 15 is 0 Å². The summed E-state index contributed by atoms with van der Waals surface area (Å²) in [6, 6.07) is 5.07. The number of hydrogen-bond acceptors (Lipinski definition) is 3. The average Bonchev–Trinajstić information content (AvgIpc) is 2.43. The predicted molar refractivity (Wildman–Crippen MR) is 54.3 cm³/mol. The highest BCUT2D eigenvalue weighted by Crippen LogP contribution is 2.28. The van der Waals surface area contributed by atoms with Crippen LogP contribution in [0.25, 0.3) is 10.2 Å². The lowest BCUT2D eigenvalue weighted by Gasteiger charge is -1.93. The van der Waals surface area contributed by atoms with Crippen LogP contribution in [-0.4, -0.2) is 16.1 Å². The summed E-state index contributed by atoms with van der Waals surface area (Å²) in [6.45, 7) is 0. The van der Waals surface area contributed by atoms with Gasteiger partial charge in [0.2, 0.25) is 0 Å². The van der Waals surface area contributed by atoms with Crippen LogP contribution in [0.4, 0.5) is 0 Å². The van der Waals surface area contributed by atoms with Crippen molar-refractivity contribution in [3.05, 3.63) is 27.7 Å². The molecule has 13 heavy (non-hydrogen) atoms. The number of halogens is 1. The third kappa shape index (κ3) is 1.45. The molecule has 0 unspecified atom stereocenters. The van der Waals surface area contributed by atoms with Crippen molar-refractivity contribution in [2.24, 2.45) is 0 Å².